The minimum Gasteiger partial charge on any atom is -0.486 e. The Hall–Kier alpha value is -3.81. The van der Waals surface area contributed by atoms with Crippen molar-refractivity contribution in [2.24, 2.45) is 0 Å². The average Bonchev–Trinajstić information content (AvgIpc) is 3.18. The second-order valence-corrected chi connectivity index (χ2v) is 6.34. The molecule has 0 unspecified atom stereocenters. The number of nitrogens with one attached hydrogen (secondary N) is 2. The van der Waals surface area contributed by atoms with Gasteiger partial charge in [0.05, 0.1) is 10.9 Å². The normalized spacial score (nSPS) is 11.0. The molecule has 8 nitrogen and oxygen atoms in total. The molecule has 0 aliphatic carbocycles. The van der Waals surface area contributed by atoms with E-state index in [0.29, 0.717) is 24.1 Å². The molecule has 8 heteroatoms. The van der Waals surface area contributed by atoms with Gasteiger partial charge in [-0.15, -0.1) is 5.10 Å². The summed E-state index contributed by atoms with van der Waals surface area (Å²) in [6, 6.07) is 14.4. The van der Waals surface area contributed by atoms with Gasteiger partial charge in [0.1, 0.15) is 17.9 Å². The van der Waals surface area contributed by atoms with E-state index in [1.54, 1.807) is 12.1 Å². The number of nitrogens with zero attached hydrogens (tertiary/aromatic N) is 2. The number of fused-ring (bicyclic) bond motifs is 2. The Bertz CT molecular complexity index is 1280. The lowest BCUT2D eigenvalue weighted by molar-refractivity contribution is -0.121. The molecule has 0 aliphatic rings. The predicted octanol–water partition coefficient (Wildman–Crippen LogP) is 1.74. The number of hydrogen-bond acceptors (Lipinski definition) is 6. The SMILES string of the molecule is O=C(CCc1ccccc1)COc1ccc2[nH]c(=O)c3nn[nH]c3c(=O)c2c1. The molecule has 2 aromatic carbocycles. The molecule has 0 saturated carbocycles. The Balaban J connectivity index is 1.53. The lowest BCUT2D eigenvalue weighted by atomic mass is 10.1. The molecule has 0 fully saturated rings. The lowest BCUT2D eigenvalue weighted by Gasteiger charge is -2.06. The Morgan fingerprint density at radius 2 is 1.89 bits per heavy atom. The van der Waals surface area contributed by atoms with Crippen molar-refractivity contribution in [3.05, 3.63) is 74.7 Å². The van der Waals surface area contributed by atoms with Crippen LogP contribution in [0.25, 0.3) is 21.9 Å². The Kier molecular flexibility index (Phi) is 4.67. The third kappa shape index (κ3) is 3.52. The van der Waals surface area contributed by atoms with Crippen molar-refractivity contribution in [3.63, 3.8) is 0 Å². The highest BCUT2D eigenvalue weighted by atomic mass is 16.5. The number of carbonyl (C=O) groups is 1. The van der Waals surface area contributed by atoms with E-state index in [1.165, 1.54) is 6.07 Å². The van der Waals surface area contributed by atoms with Crippen LogP contribution in [0.4, 0.5) is 0 Å². The van der Waals surface area contributed by atoms with Crippen molar-refractivity contribution in [2.75, 3.05) is 6.61 Å². The standard InChI is InChI=1S/C20H16N4O4/c25-13(7-6-12-4-2-1-3-5-12)11-28-14-8-9-16-15(10-14)19(26)17-18(20(27)21-16)23-24-22-17/h1-5,8-10H,6-7,11H2,(H,21,27)(H,22,23,24). The summed E-state index contributed by atoms with van der Waals surface area (Å²) < 4.78 is 5.55. The second-order valence-electron chi connectivity index (χ2n) is 6.34. The number of aryl methyl sites for hydroxylation is 1. The molecular formula is C20H16N4O4. The maximum Gasteiger partial charge on any atom is 0.278 e. The molecule has 2 aromatic heterocycles. The van der Waals surface area contributed by atoms with Crippen LogP contribution >= 0.6 is 0 Å². The molecule has 140 valence electrons. The highest BCUT2D eigenvalue weighted by molar-refractivity contribution is 5.87. The maximum absolute atomic E-state index is 12.7. The van der Waals surface area contributed by atoms with Crippen LogP contribution in [0.5, 0.6) is 5.75 Å². The molecule has 2 N–H and O–H groups in total. The lowest BCUT2D eigenvalue weighted by Crippen LogP contribution is -2.12. The van der Waals surface area contributed by atoms with E-state index in [4.69, 9.17) is 4.74 Å². The number of aromatic nitrogens is 4. The molecule has 2 heterocycles. The van der Waals surface area contributed by atoms with Gasteiger partial charge < -0.3 is 9.72 Å². The number of Topliss-reactive ketones (excluding diaryl/α,β-unsaturated/α-hetero) is 1. The van der Waals surface area contributed by atoms with Gasteiger partial charge in [0.2, 0.25) is 5.43 Å². The molecule has 0 atom stereocenters. The quantitative estimate of drug-likeness (QED) is 0.529. The van der Waals surface area contributed by atoms with Crippen molar-refractivity contribution in [2.45, 2.75) is 12.8 Å². The minimum atomic E-state index is -0.513. The molecule has 0 bridgehead atoms. The summed E-state index contributed by atoms with van der Waals surface area (Å²) in [5.74, 6) is 0.323. The van der Waals surface area contributed by atoms with Gasteiger partial charge in [-0.25, -0.2) is 0 Å². The molecule has 0 saturated heterocycles. The minimum absolute atomic E-state index is 0.0207. The molecule has 4 aromatic rings. The zero-order valence-corrected chi connectivity index (χ0v) is 14.8. The Morgan fingerprint density at radius 1 is 1.07 bits per heavy atom. The third-order valence-corrected chi connectivity index (χ3v) is 4.41. The number of ketones is 1. The summed E-state index contributed by atoms with van der Waals surface area (Å²) in [4.78, 5) is 39.5. The van der Waals surface area contributed by atoms with Gasteiger partial charge in [-0.3, -0.25) is 19.5 Å². The monoisotopic (exact) mass is 376 g/mol. The van der Waals surface area contributed by atoms with Gasteiger partial charge in [0, 0.05) is 6.42 Å². The van der Waals surface area contributed by atoms with Crippen molar-refractivity contribution in [1.82, 2.24) is 20.4 Å². The number of ether oxygens (including phenoxy) is 1. The zero-order valence-electron chi connectivity index (χ0n) is 14.8. The first kappa shape index (κ1) is 17.6. The highest BCUT2D eigenvalue weighted by Crippen LogP contribution is 2.17. The van der Waals surface area contributed by atoms with Gasteiger partial charge in [-0.1, -0.05) is 35.5 Å². The van der Waals surface area contributed by atoms with Gasteiger partial charge in [-0.2, -0.15) is 0 Å². The zero-order chi connectivity index (χ0) is 19.5. The molecule has 28 heavy (non-hydrogen) atoms. The molecule has 0 spiro atoms. The van der Waals surface area contributed by atoms with E-state index in [0.717, 1.165) is 5.56 Å². The number of hydrogen-bond donors (Lipinski definition) is 2. The van der Waals surface area contributed by atoms with E-state index in [-0.39, 0.29) is 28.8 Å². The average molecular weight is 376 g/mol. The fourth-order valence-corrected chi connectivity index (χ4v) is 2.94. The Labute approximate surface area is 158 Å². The van der Waals surface area contributed by atoms with Crippen LogP contribution in [-0.4, -0.2) is 32.8 Å². The van der Waals surface area contributed by atoms with Gasteiger partial charge in [0.15, 0.2) is 11.3 Å². The summed E-state index contributed by atoms with van der Waals surface area (Å²) >= 11 is 0. The van der Waals surface area contributed by atoms with Gasteiger partial charge >= 0.3 is 0 Å². The third-order valence-electron chi connectivity index (χ3n) is 4.41. The van der Waals surface area contributed by atoms with Crippen molar-refractivity contribution >= 4 is 27.7 Å². The number of H-pyrrole nitrogens is 2. The van der Waals surface area contributed by atoms with E-state index in [9.17, 15) is 14.4 Å². The molecule has 0 aliphatic heterocycles. The largest absolute Gasteiger partial charge is 0.486 e. The van der Waals surface area contributed by atoms with E-state index in [1.807, 2.05) is 30.3 Å². The first-order chi connectivity index (χ1) is 13.6. The highest BCUT2D eigenvalue weighted by Gasteiger charge is 2.11. The van der Waals surface area contributed by atoms with Gasteiger partial charge in [0.25, 0.3) is 5.56 Å². The fraction of sp³-hybridized carbons (Fsp3) is 0.150. The molecule has 0 amide bonds. The van der Waals surface area contributed by atoms with Crippen molar-refractivity contribution in [3.8, 4) is 5.75 Å². The van der Waals surface area contributed by atoms with Crippen molar-refractivity contribution in [1.29, 1.82) is 0 Å². The fourth-order valence-electron chi connectivity index (χ4n) is 2.94. The summed E-state index contributed by atoms with van der Waals surface area (Å²) in [5.41, 5.74) is 0.470. The first-order valence-electron chi connectivity index (χ1n) is 8.71. The van der Waals surface area contributed by atoms with E-state index in [2.05, 4.69) is 20.4 Å². The van der Waals surface area contributed by atoms with Crippen molar-refractivity contribution < 1.29 is 9.53 Å². The van der Waals surface area contributed by atoms with Crippen LogP contribution in [0, 0.1) is 0 Å². The first-order valence-corrected chi connectivity index (χ1v) is 8.71. The van der Waals surface area contributed by atoms with Crippen LogP contribution in [-0.2, 0) is 11.2 Å². The summed E-state index contributed by atoms with van der Waals surface area (Å²) in [5, 5.41) is 9.86. The van der Waals surface area contributed by atoms with Gasteiger partial charge in [-0.05, 0) is 30.2 Å². The number of aromatic amines is 2. The molecule has 0 radical (unpaired) electrons. The summed E-state index contributed by atoms with van der Waals surface area (Å²) in [6.07, 6.45) is 1.01. The number of rotatable bonds is 6. The molecular weight excluding hydrogens is 360 g/mol. The smallest absolute Gasteiger partial charge is 0.278 e. The second kappa shape index (κ2) is 7.43. The topological polar surface area (TPSA) is 118 Å². The van der Waals surface area contributed by atoms with Crippen LogP contribution in [0.2, 0.25) is 0 Å². The van der Waals surface area contributed by atoms with Crippen LogP contribution < -0.4 is 15.7 Å². The number of benzene rings is 2. The van der Waals surface area contributed by atoms with Crippen LogP contribution in [0.3, 0.4) is 0 Å². The predicted molar refractivity (Wildman–Crippen MR) is 104 cm³/mol. The molecule has 4 rings (SSSR count). The number of carbonyl (C=O) groups excluding carboxylic acids is 1. The van der Waals surface area contributed by atoms with Crippen LogP contribution in [0.15, 0.2) is 58.1 Å². The Morgan fingerprint density at radius 3 is 2.71 bits per heavy atom. The summed E-state index contributed by atoms with van der Waals surface area (Å²) in [7, 11) is 0. The van der Waals surface area contributed by atoms with Crippen LogP contribution in [0.1, 0.15) is 12.0 Å². The summed E-state index contributed by atoms with van der Waals surface area (Å²) in [6.45, 7) is -0.0942. The van der Waals surface area contributed by atoms with E-state index < -0.39 is 11.0 Å². The van der Waals surface area contributed by atoms with E-state index >= 15 is 0 Å². The maximum atomic E-state index is 12.7.